The van der Waals surface area contributed by atoms with Crippen molar-refractivity contribution in [3.05, 3.63) is 65.7 Å². The average molecular weight is 346 g/mol. The molecule has 0 aliphatic heterocycles. The summed E-state index contributed by atoms with van der Waals surface area (Å²) in [7, 11) is 0. The van der Waals surface area contributed by atoms with Crippen molar-refractivity contribution in [3.8, 4) is 5.75 Å². The first-order chi connectivity index (χ1) is 12.1. The highest BCUT2D eigenvalue weighted by molar-refractivity contribution is 5.83. The van der Waals surface area contributed by atoms with Crippen LogP contribution in [0.25, 0.3) is 0 Å². The number of carbonyl (C=O) groups excluding carboxylic acids is 1. The van der Waals surface area contributed by atoms with Crippen LogP contribution in [0.4, 0.5) is 8.78 Å². The number of nitrogens with two attached hydrogens (primary N) is 1. The van der Waals surface area contributed by atoms with Gasteiger partial charge in [0, 0.05) is 24.2 Å². The molecule has 2 aromatic rings. The van der Waals surface area contributed by atoms with Gasteiger partial charge in [0.05, 0.1) is 0 Å². The zero-order valence-corrected chi connectivity index (χ0v) is 13.6. The van der Waals surface area contributed by atoms with Gasteiger partial charge in [-0.2, -0.15) is 0 Å². The van der Waals surface area contributed by atoms with E-state index in [4.69, 9.17) is 10.5 Å². The zero-order valence-electron chi connectivity index (χ0n) is 13.6. The number of nitrogens with one attached hydrogen (secondary N) is 1. The van der Waals surface area contributed by atoms with Crippen LogP contribution in [0, 0.1) is 17.6 Å². The number of benzene rings is 2. The zero-order chi connectivity index (χ0) is 17.8. The van der Waals surface area contributed by atoms with E-state index in [9.17, 15) is 13.6 Å². The Morgan fingerprint density at radius 1 is 1.16 bits per heavy atom. The number of halogens is 2. The summed E-state index contributed by atoms with van der Waals surface area (Å²) in [6, 6.07) is 12.0. The Hall–Kier alpha value is -2.47. The summed E-state index contributed by atoms with van der Waals surface area (Å²) in [4.78, 5) is 12.7. The monoisotopic (exact) mass is 346 g/mol. The van der Waals surface area contributed by atoms with Crippen LogP contribution in [0.15, 0.2) is 48.5 Å². The number of hydrogen-bond acceptors (Lipinski definition) is 3. The number of amides is 1. The summed E-state index contributed by atoms with van der Waals surface area (Å²) < 4.78 is 32.2. The fourth-order valence-electron chi connectivity index (χ4n) is 2.71. The Morgan fingerprint density at radius 3 is 2.48 bits per heavy atom. The topological polar surface area (TPSA) is 64.3 Å². The summed E-state index contributed by atoms with van der Waals surface area (Å²) in [6.07, 6.45) is 1.11. The van der Waals surface area contributed by atoms with Crippen LogP contribution in [0.3, 0.4) is 0 Å². The molecule has 3 rings (SSSR count). The molecule has 2 unspecified atom stereocenters. The third kappa shape index (κ3) is 4.33. The van der Waals surface area contributed by atoms with E-state index in [-0.39, 0.29) is 17.7 Å². The maximum absolute atomic E-state index is 13.4. The van der Waals surface area contributed by atoms with E-state index in [1.54, 1.807) is 24.3 Å². The Labute approximate surface area is 145 Å². The highest BCUT2D eigenvalue weighted by atomic mass is 19.2. The molecule has 0 bridgehead atoms. The van der Waals surface area contributed by atoms with Crippen molar-refractivity contribution in [3.63, 3.8) is 0 Å². The van der Waals surface area contributed by atoms with E-state index in [2.05, 4.69) is 5.32 Å². The molecule has 1 fully saturated rings. The van der Waals surface area contributed by atoms with Crippen molar-refractivity contribution in [2.75, 3.05) is 6.54 Å². The molecule has 0 aromatic heterocycles. The van der Waals surface area contributed by atoms with Crippen LogP contribution in [-0.2, 0) is 4.79 Å². The molecular formula is C19H20F2N2O2. The van der Waals surface area contributed by atoms with E-state index >= 15 is 0 Å². The van der Waals surface area contributed by atoms with Gasteiger partial charge in [-0.15, -0.1) is 0 Å². The second-order valence-corrected chi connectivity index (χ2v) is 6.17. The van der Waals surface area contributed by atoms with E-state index < -0.39 is 17.7 Å². The predicted octanol–water partition coefficient (Wildman–Crippen LogP) is 2.94. The molecule has 0 spiro atoms. The number of rotatable bonds is 7. The van der Waals surface area contributed by atoms with Gasteiger partial charge in [0.2, 0.25) is 6.10 Å². The molecule has 25 heavy (non-hydrogen) atoms. The molecule has 2 aromatic carbocycles. The number of ether oxygens (including phenoxy) is 1. The third-order valence-corrected chi connectivity index (χ3v) is 4.26. The molecule has 132 valence electrons. The van der Waals surface area contributed by atoms with Crippen LogP contribution in [0.1, 0.15) is 24.5 Å². The molecule has 1 aliphatic rings. The molecule has 1 amide bonds. The minimum absolute atomic E-state index is 0.0821. The highest BCUT2D eigenvalue weighted by Gasteiger charge is 2.33. The molecule has 6 heteroatoms. The first-order valence-electron chi connectivity index (χ1n) is 8.25. The summed E-state index contributed by atoms with van der Waals surface area (Å²) in [5.74, 6) is -1.86. The molecule has 3 N–H and O–H groups in total. The van der Waals surface area contributed by atoms with Crippen LogP contribution in [0.2, 0.25) is 0 Å². The molecule has 2 atom stereocenters. The fourth-order valence-corrected chi connectivity index (χ4v) is 2.71. The van der Waals surface area contributed by atoms with Crippen LogP contribution in [0.5, 0.6) is 5.75 Å². The molecule has 0 saturated heterocycles. The number of carbonyl (C=O) groups is 1. The van der Waals surface area contributed by atoms with E-state index in [1.165, 1.54) is 6.07 Å². The van der Waals surface area contributed by atoms with Crippen molar-refractivity contribution in [1.29, 1.82) is 0 Å². The smallest absolute Gasteiger partial charge is 0.266 e. The number of hydrogen-bond donors (Lipinski definition) is 2. The largest absolute Gasteiger partial charge is 0.476 e. The van der Waals surface area contributed by atoms with Crippen molar-refractivity contribution in [1.82, 2.24) is 5.32 Å². The standard InChI is InChI=1S/C19H20F2N2O2/c20-15-9-8-14(10-16(15)21)25-18(13-4-2-1-3-5-13)19(24)23-17(11-22)12-6-7-12/h1-5,8-10,12,17-18H,6-7,11,22H2,(H,23,24). The normalized spacial score (nSPS) is 16.1. The minimum Gasteiger partial charge on any atom is -0.476 e. The average Bonchev–Trinajstić information content (AvgIpc) is 3.46. The van der Waals surface area contributed by atoms with Crippen molar-refractivity contribution < 1.29 is 18.3 Å². The Bertz CT molecular complexity index is 735. The Balaban J connectivity index is 1.81. The van der Waals surface area contributed by atoms with E-state index in [0.29, 0.717) is 18.0 Å². The van der Waals surface area contributed by atoms with Crippen molar-refractivity contribution in [2.45, 2.75) is 25.0 Å². The minimum atomic E-state index is -1.03. The lowest BCUT2D eigenvalue weighted by Crippen LogP contribution is -2.44. The maximum atomic E-state index is 13.4. The van der Waals surface area contributed by atoms with Gasteiger partial charge in [-0.1, -0.05) is 30.3 Å². The molecular weight excluding hydrogens is 326 g/mol. The van der Waals surface area contributed by atoms with Crippen LogP contribution >= 0.6 is 0 Å². The third-order valence-electron chi connectivity index (χ3n) is 4.26. The first-order valence-corrected chi connectivity index (χ1v) is 8.25. The van der Waals surface area contributed by atoms with Crippen LogP contribution < -0.4 is 15.8 Å². The Kier molecular flexibility index (Phi) is 5.28. The second kappa shape index (κ2) is 7.61. The Morgan fingerprint density at radius 2 is 1.88 bits per heavy atom. The van der Waals surface area contributed by atoms with E-state index in [1.807, 2.05) is 6.07 Å². The van der Waals surface area contributed by atoms with Gasteiger partial charge in [-0.05, 0) is 30.9 Å². The first kappa shape index (κ1) is 17.4. The van der Waals surface area contributed by atoms with Gasteiger partial charge in [0.25, 0.3) is 5.91 Å². The summed E-state index contributed by atoms with van der Waals surface area (Å²) in [6.45, 7) is 0.350. The summed E-state index contributed by atoms with van der Waals surface area (Å²) in [5.41, 5.74) is 6.36. The van der Waals surface area contributed by atoms with Crippen molar-refractivity contribution in [2.24, 2.45) is 11.7 Å². The molecule has 1 saturated carbocycles. The van der Waals surface area contributed by atoms with Gasteiger partial charge in [0.15, 0.2) is 11.6 Å². The molecule has 0 heterocycles. The fraction of sp³-hybridized carbons (Fsp3) is 0.316. The predicted molar refractivity (Wildman–Crippen MR) is 89.9 cm³/mol. The van der Waals surface area contributed by atoms with Crippen molar-refractivity contribution >= 4 is 5.91 Å². The van der Waals surface area contributed by atoms with Crippen LogP contribution in [-0.4, -0.2) is 18.5 Å². The lowest BCUT2D eigenvalue weighted by Gasteiger charge is -2.23. The molecule has 1 aliphatic carbocycles. The van der Waals surface area contributed by atoms with E-state index in [0.717, 1.165) is 25.0 Å². The lowest BCUT2D eigenvalue weighted by atomic mass is 10.1. The van der Waals surface area contributed by atoms with Gasteiger partial charge in [-0.3, -0.25) is 4.79 Å². The molecule has 0 radical (unpaired) electrons. The molecule has 4 nitrogen and oxygen atoms in total. The quantitative estimate of drug-likeness (QED) is 0.810. The summed E-state index contributed by atoms with van der Waals surface area (Å²) in [5, 5.41) is 2.92. The second-order valence-electron chi connectivity index (χ2n) is 6.17. The maximum Gasteiger partial charge on any atom is 0.266 e. The van der Waals surface area contributed by atoms with Gasteiger partial charge in [0.1, 0.15) is 5.75 Å². The van der Waals surface area contributed by atoms with Gasteiger partial charge >= 0.3 is 0 Å². The SMILES string of the molecule is NCC(NC(=O)C(Oc1ccc(F)c(F)c1)c1ccccc1)C1CC1. The van der Waals surface area contributed by atoms with Gasteiger partial charge < -0.3 is 15.8 Å². The lowest BCUT2D eigenvalue weighted by molar-refractivity contribution is -0.129. The van der Waals surface area contributed by atoms with Gasteiger partial charge in [-0.25, -0.2) is 8.78 Å². The highest BCUT2D eigenvalue weighted by Crippen LogP contribution is 2.33. The summed E-state index contributed by atoms with van der Waals surface area (Å²) >= 11 is 0.